The molecule has 1 amide bonds. The molecule has 0 aliphatic carbocycles. The van der Waals surface area contributed by atoms with Gasteiger partial charge in [-0.3, -0.25) is 4.79 Å². The molecule has 3 heteroatoms. The van der Waals surface area contributed by atoms with Gasteiger partial charge in [-0.1, -0.05) is 0 Å². The number of hydrogen-bond acceptors (Lipinski definition) is 2. The van der Waals surface area contributed by atoms with Crippen LogP contribution < -0.4 is 5.73 Å². The quantitative estimate of drug-likeness (QED) is 0.589. The van der Waals surface area contributed by atoms with Crippen LogP contribution in [0.25, 0.3) is 0 Å². The number of furan rings is 1. The molecule has 1 rings (SSSR count). The zero-order valence-electron chi connectivity index (χ0n) is 4.63. The topological polar surface area (TPSA) is 56.2 Å². The molecule has 0 unspecified atom stereocenters. The van der Waals surface area contributed by atoms with Gasteiger partial charge in [0.25, 0.3) is 5.91 Å². The molecule has 2 radical (unpaired) electrons. The second kappa shape index (κ2) is 1.93. The zero-order chi connectivity index (χ0) is 6.85. The van der Waals surface area contributed by atoms with Crippen molar-refractivity contribution in [2.45, 2.75) is 0 Å². The molecule has 0 aliphatic rings. The minimum atomic E-state index is -0.641. The van der Waals surface area contributed by atoms with Gasteiger partial charge in [0.2, 0.25) is 0 Å². The smallest absolute Gasteiger partial charge is 0.284 e. The first-order valence-electron chi connectivity index (χ1n) is 2.34. The third kappa shape index (κ3) is 0.937. The van der Waals surface area contributed by atoms with Crippen LogP contribution in [0.1, 0.15) is 16.1 Å². The average Bonchev–Trinajstić information content (AvgIpc) is 2.13. The molecule has 1 aromatic rings. The van der Waals surface area contributed by atoms with Gasteiger partial charge in [0.05, 0.1) is 6.26 Å². The van der Waals surface area contributed by atoms with Crippen LogP contribution in [0.3, 0.4) is 0 Å². The third-order valence-electron chi connectivity index (χ3n) is 0.919. The van der Waals surface area contributed by atoms with Gasteiger partial charge in [0, 0.05) is 12.5 Å². The molecule has 0 aromatic carbocycles. The largest absolute Gasteiger partial charge is 0.459 e. The Morgan fingerprint density at radius 2 is 2.44 bits per heavy atom. The molecule has 1 aromatic heterocycles. The van der Waals surface area contributed by atoms with Gasteiger partial charge >= 0.3 is 0 Å². The number of carbonyl (C=O) groups excluding carboxylic acids is 1. The summed E-state index contributed by atoms with van der Waals surface area (Å²) in [6, 6.07) is 1.47. The van der Waals surface area contributed by atoms with E-state index in [1.54, 1.807) is 0 Å². The SMILES string of the molecule is [CH]c1ccoc1C(N)=O. The molecule has 0 saturated carbocycles. The molecule has 0 atom stereocenters. The molecule has 46 valence electrons. The normalized spacial score (nSPS) is 9.44. The molecular formula is C6H5NO2. The lowest BCUT2D eigenvalue weighted by Crippen LogP contribution is -2.10. The third-order valence-corrected chi connectivity index (χ3v) is 0.919. The van der Waals surface area contributed by atoms with Crippen LogP contribution in [-0.2, 0) is 0 Å². The summed E-state index contributed by atoms with van der Waals surface area (Å²) in [5, 5.41) is 0. The van der Waals surface area contributed by atoms with Crippen molar-refractivity contribution in [3.8, 4) is 0 Å². The van der Waals surface area contributed by atoms with E-state index in [1.165, 1.54) is 12.3 Å². The van der Waals surface area contributed by atoms with E-state index in [9.17, 15) is 4.79 Å². The average molecular weight is 123 g/mol. The van der Waals surface area contributed by atoms with E-state index in [0.717, 1.165) is 0 Å². The van der Waals surface area contributed by atoms with Crippen molar-refractivity contribution >= 4 is 5.91 Å². The van der Waals surface area contributed by atoms with Crippen molar-refractivity contribution in [2.24, 2.45) is 5.73 Å². The fourth-order valence-electron chi connectivity index (χ4n) is 0.519. The molecule has 0 spiro atoms. The first-order valence-corrected chi connectivity index (χ1v) is 2.34. The standard InChI is InChI=1S/C6H5NO2/c1-4-2-3-9-5(4)6(7)8/h1-3H,(H2,7,8). The van der Waals surface area contributed by atoms with Crippen molar-refractivity contribution in [1.82, 2.24) is 0 Å². The second-order valence-electron chi connectivity index (χ2n) is 1.57. The fourth-order valence-corrected chi connectivity index (χ4v) is 0.519. The summed E-state index contributed by atoms with van der Waals surface area (Å²) < 4.78 is 4.63. The zero-order valence-corrected chi connectivity index (χ0v) is 4.63. The molecule has 0 fully saturated rings. The van der Waals surface area contributed by atoms with E-state index in [2.05, 4.69) is 4.42 Å². The van der Waals surface area contributed by atoms with Gasteiger partial charge < -0.3 is 10.2 Å². The highest BCUT2D eigenvalue weighted by Gasteiger charge is 2.06. The number of amides is 1. The summed E-state index contributed by atoms with van der Waals surface area (Å²) in [4.78, 5) is 10.3. The molecule has 0 aliphatic heterocycles. The van der Waals surface area contributed by atoms with Gasteiger partial charge in [0.15, 0.2) is 5.76 Å². The molecular weight excluding hydrogens is 118 g/mol. The lowest BCUT2D eigenvalue weighted by molar-refractivity contribution is 0.0973. The van der Waals surface area contributed by atoms with Gasteiger partial charge in [-0.25, -0.2) is 0 Å². The summed E-state index contributed by atoms with van der Waals surface area (Å²) in [6.07, 6.45) is 1.31. The minimum absolute atomic E-state index is 0.0231. The van der Waals surface area contributed by atoms with Crippen molar-refractivity contribution in [3.63, 3.8) is 0 Å². The monoisotopic (exact) mass is 123 g/mol. The van der Waals surface area contributed by atoms with Crippen LogP contribution in [0.15, 0.2) is 16.7 Å². The Balaban J connectivity index is 3.08. The summed E-state index contributed by atoms with van der Waals surface area (Å²) >= 11 is 0. The van der Waals surface area contributed by atoms with Gasteiger partial charge in [0.1, 0.15) is 0 Å². The van der Waals surface area contributed by atoms with Gasteiger partial charge in [-0.2, -0.15) is 0 Å². The summed E-state index contributed by atoms with van der Waals surface area (Å²) in [5.41, 5.74) is 5.13. The lowest BCUT2D eigenvalue weighted by atomic mass is 10.3. The Kier molecular flexibility index (Phi) is 1.26. The van der Waals surface area contributed by atoms with E-state index in [-0.39, 0.29) is 11.3 Å². The van der Waals surface area contributed by atoms with Gasteiger partial charge in [-0.15, -0.1) is 0 Å². The van der Waals surface area contributed by atoms with E-state index < -0.39 is 5.91 Å². The highest BCUT2D eigenvalue weighted by atomic mass is 16.3. The molecule has 3 nitrogen and oxygen atoms in total. The highest BCUT2D eigenvalue weighted by Crippen LogP contribution is 2.06. The Bertz CT molecular complexity index is 227. The highest BCUT2D eigenvalue weighted by molar-refractivity contribution is 5.91. The predicted molar refractivity (Wildman–Crippen MR) is 30.6 cm³/mol. The summed E-state index contributed by atoms with van der Waals surface area (Å²) in [7, 11) is 0. The maximum absolute atomic E-state index is 10.3. The van der Waals surface area contributed by atoms with Crippen molar-refractivity contribution in [2.75, 3.05) is 0 Å². The molecule has 2 N–H and O–H groups in total. The van der Waals surface area contributed by atoms with E-state index in [1.807, 2.05) is 0 Å². The lowest BCUT2D eigenvalue weighted by Gasteiger charge is -1.86. The number of rotatable bonds is 1. The van der Waals surface area contributed by atoms with E-state index >= 15 is 0 Å². The molecule has 0 saturated heterocycles. The predicted octanol–water partition coefficient (Wildman–Crippen LogP) is 0.438. The summed E-state index contributed by atoms with van der Waals surface area (Å²) in [5.74, 6) is -0.618. The fraction of sp³-hybridized carbons (Fsp3) is 0. The van der Waals surface area contributed by atoms with Crippen molar-refractivity contribution in [3.05, 3.63) is 30.6 Å². The van der Waals surface area contributed by atoms with Crippen LogP contribution in [-0.4, -0.2) is 5.91 Å². The maximum Gasteiger partial charge on any atom is 0.284 e. The van der Waals surface area contributed by atoms with Crippen LogP contribution in [0.4, 0.5) is 0 Å². The minimum Gasteiger partial charge on any atom is -0.459 e. The molecule has 1 heterocycles. The number of primary amides is 1. The van der Waals surface area contributed by atoms with E-state index in [4.69, 9.17) is 12.7 Å². The van der Waals surface area contributed by atoms with E-state index in [0.29, 0.717) is 0 Å². The van der Waals surface area contributed by atoms with Crippen LogP contribution in [0, 0.1) is 6.92 Å². The first kappa shape index (κ1) is 5.88. The Morgan fingerprint density at radius 1 is 1.78 bits per heavy atom. The maximum atomic E-state index is 10.3. The van der Waals surface area contributed by atoms with Crippen molar-refractivity contribution in [1.29, 1.82) is 0 Å². The Morgan fingerprint density at radius 3 is 2.67 bits per heavy atom. The van der Waals surface area contributed by atoms with Crippen LogP contribution in [0.5, 0.6) is 0 Å². The van der Waals surface area contributed by atoms with Crippen LogP contribution >= 0.6 is 0 Å². The molecule has 0 bridgehead atoms. The summed E-state index contributed by atoms with van der Waals surface area (Å²) in [6.45, 7) is 5.25. The number of nitrogens with two attached hydrogens (primary N) is 1. The number of hydrogen-bond donors (Lipinski definition) is 1. The van der Waals surface area contributed by atoms with Crippen molar-refractivity contribution < 1.29 is 9.21 Å². The first-order chi connectivity index (χ1) is 4.22. The Labute approximate surface area is 52.5 Å². The Hall–Kier alpha value is -1.25. The van der Waals surface area contributed by atoms with Crippen LogP contribution in [0.2, 0.25) is 0 Å². The molecule has 9 heavy (non-hydrogen) atoms. The number of carbonyl (C=O) groups is 1. The second-order valence-corrected chi connectivity index (χ2v) is 1.57. The van der Waals surface area contributed by atoms with Gasteiger partial charge in [-0.05, 0) is 6.07 Å².